The Morgan fingerprint density at radius 2 is 2.19 bits per heavy atom. The smallest absolute Gasteiger partial charge is 0.0438 e. The number of likely N-dealkylation sites (tertiary alicyclic amines) is 1. The first kappa shape index (κ1) is 11.9. The van der Waals surface area contributed by atoms with Gasteiger partial charge < -0.3 is 4.90 Å². The Hall–Kier alpha value is -0.530. The number of rotatable bonds is 4. The molecule has 1 aliphatic rings. The summed E-state index contributed by atoms with van der Waals surface area (Å²) in [5.41, 5.74) is 1.31. The van der Waals surface area contributed by atoms with E-state index in [0.717, 1.165) is 17.4 Å². The lowest BCUT2D eigenvalue weighted by Gasteiger charge is -2.15. The largest absolute Gasteiger partial charge is 0.303 e. The molecule has 0 aromatic heterocycles. The van der Waals surface area contributed by atoms with Gasteiger partial charge in [-0.3, -0.25) is 0 Å². The van der Waals surface area contributed by atoms with Crippen LogP contribution in [0.25, 0.3) is 0 Å². The minimum absolute atomic E-state index is 0.798. The predicted molar refractivity (Wildman–Crippen MR) is 70.0 cm³/mol. The van der Waals surface area contributed by atoms with Crippen LogP contribution in [-0.4, -0.2) is 24.5 Å². The van der Waals surface area contributed by atoms with E-state index in [0.29, 0.717) is 0 Å². The van der Waals surface area contributed by atoms with Crippen molar-refractivity contribution in [1.82, 2.24) is 4.90 Å². The van der Waals surface area contributed by atoms with E-state index in [1.54, 1.807) is 0 Å². The Kier molecular flexibility index (Phi) is 4.25. The molecule has 1 nitrogen and oxygen atoms in total. The number of halogens is 1. The maximum Gasteiger partial charge on any atom is 0.0438 e. The van der Waals surface area contributed by atoms with Crippen LogP contribution < -0.4 is 0 Å². The van der Waals surface area contributed by atoms with Crippen molar-refractivity contribution in [1.29, 1.82) is 0 Å². The van der Waals surface area contributed by atoms with Crippen LogP contribution in [0.1, 0.15) is 25.3 Å². The maximum atomic E-state index is 6.19. The molecule has 1 aromatic carbocycles. The van der Waals surface area contributed by atoms with E-state index >= 15 is 0 Å². The van der Waals surface area contributed by atoms with Gasteiger partial charge in [-0.2, -0.15) is 0 Å². The summed E-state index contributed by atoms with van der Waals surface area (Å²) in [6.45, 7) is 6.02. The Balaban J connectivity index is 1.90. The summed E-state index contributed by atoms with van der Waals surface area (Å²) in [5, 5.41) is 0.927. The van der Waals surface area contributed by atoms with Crippen LogP contribution in [0.2, 0.25) is 5.02 Å². The molecule has 2 rings (SSSR count). The fourth-order valence-corrected chi connectivity index (χ4v) is 2.79. The SMILES string of the molecule is CCCN1CCC(Cc2ccccc2Cl)C1. The zero-order chi connectivity index (χ0) is 11.4. The quantitative estimate of drug-likeness (QED) is 0.773. The summed E-state index contributed by atoms with van der Waals surface area (Å²) in [5.74, 6) is 0.798. The second-order valence-electron chi connectivity index (χ2n) is 4.75. The third-order valence-corrected chi connectivity index (χ3v) is 3.74. The van der Waals surface area contributed by atoms with Crippen molar-refractivity contribution < 1.29 is 0 Å². The van der Waals surface area contributed by atoms with E-state index in [-0.39, 0.29) is 0 Å². The highest BCUT2D eigenvalue weighted by atomic mass is 35.5. The molecule has 0 spiro atoms. The van der Waals surface area contributed by atoms with Crippen LogP contribution in [0.5, 0.6) is 0 Å². The topological polar surface area (TPSA) is 3.24 Å². The normalized spacial score (nSPS) is 21.5. The zero-order valence-electron chi connectivity index (χ0n) is 9.95. The summed E-state index contributed by atoms with van der Waals surface area (Å²) < 4.78 is 0. The van der Waals surface area contributed by atoms with E-state index in [4.69, 9.17) is 11.6 Å². The first-order chi connectivity index (χ1) is 7.79. The van der Waals surface area contributed by atoms with Gasteiger partial charge in [0.2, 0.25) is 0 Å². The first-order valence-corrected chi connectivity index (χ1v) is 6.63. The molecule has 0 aliphatic carbocycles. The highest BCUT2D eigenvalue weighted by Crippen LogP contribution is 2.24. The van der Waals surface area contributed by atoms with Gasteiger partial charge in [0, 0.05) is 11.6 Å². The molecule has 1 unspecified atom stereocenters. The molecule has 0 radical (unpaired) electrons. The summed E-state index contributed by atoms with van der Waals surface area (Å²) in [6, 6.07) is 8.24. The number of nitrogens with zero attached hydrogens (tertiary/aromatic N) is 1. The van der Waals surface area contributed by atoms with Gasteiger partial charge in [-0.05, 0) is 49.9 Å². The highest BCUT2D eigenvalue weighted by molar-refractivity contribution is 6.31. The summed E-state index contributed by atoms with van der Waals surface area (Å²) >= 11 is 6.19. The number of benzene rings is 1. The molecule has 0 saturated carbocycles. The highest BCUT2D eigenvalue weighted by Gasteiger charge is 2.22. The van der Waals surface area contributed by atoms with Crippen molar-refractivity contribution in [2.75, 3.05) is 19.6 Å². The van der Waals surface area contributed by atoms with Gasteiger partial charge in [0.25, 0.3) is 0 Å². The molecule has 2 heteroatoms. The molecule has 0 bridgehead atoms. The van der Waals surface area contributed by atoms with Crippen LogP contribution in [0, 0.1) is 5.92 Å². The molecule has 0 amide bonds. The Morgan fingerprint density at radius 1 is 1.38 bits per heavy atom. The van der Waals surface area contributed by atoms with Crippen molar-refractivity contribution in [3.05, 3.63) is 34.9 Å². The van der Waals surface area contributed by atoms with E-state index in [1.807, 2.05) is 12.1 Å². The molecular weight excluding hydrogens is 218 g/mol. The van der Waals surface area contributed by atoms with Gasteiger partial charge in [0.1, 0.15) is 0 Å². The fourth-order valence-electron chi connectivity index (χ4n) is 2.57. The number of hydrogen-bond acceptors (Lipinski definition) is 1. The second-order valence-corrected chi connectivity index (χ2v) is 5.16. The lowest BCUT2D eigenvalue weighted by molar-refractivity contribution is 0.324. The van der Waals surface area contributed by atoms with E-state index < -0.39 is 0 Å². The molecule has 88 valence electrons. The standard InChI is InChI=1S/C14H20ClN/c1-2-8-16-9-7-12(11-16)10-13-5-3-4-6-14(13)15/h3-6,12H,2,7-11H2,1H3. The second kappa shape index (κ2) is 5.70. The van der Waals surface area contributed by atoms with Crippen molar-refractivity contribution in [2.24, 2.45) is 5.92 Å². The predicted octanol–water partition coefficient (Wildman–Crippen LogP) is 3.61. The lowest BCUT2D eigenvalue weighted by Crippen LogP contribution is -2.21. The van der Waals surface area contributed by atoms with Crippen LogP contribution in [-0.2, 0) is 6.42 Å². The zero-order valence-corrected chi connectivity index (χ0v) is 10.7. The molecule has 1 heterocycles. The molecular formula is C14H20ClN. The van der Waals surface area contributed by atoms with Crippen molar-refractivity contribution in [2.45, 2.75) is 26.2 Å². The lowest BCUT2D eigenvalue weighted by atomic mass is 9.99. The molecule has 1 saturated heterocycles. The summed E-state index contributed by atoms with van der Waals surface area (Å²) in [7, 11) is 0. The Bertz CT molecular complexity index is 337. The van der Waals surface area contributed by atoms with Crippen molar-refractivity contribution >= 4 is 11.6 Å². The van der Waals surface area contributed by atoms with Crippen LogP contribution in [0.4, 0.5) is 0 Å². The fraction of sp³-hybridized carbons (Fsp3) is 0.571. The Morgan fingerprint density at radius 3 is 2.94 bits per heavy atom. The van der Waals surface area contributed by atoms with Crippen LogP contribution >= 0.6 is 11.6 Å². The average Bonchev–Trinajstić information content (AvgIpc) is 2.70. The molecule has 1 aromatic rings. The molecule has 1 atom stereocenters. The third kappa shape index (κ3) is 2.99. The summed E-state index contributed by atoms with van der Waals surface area (Å²) in [6.07, 6.45) is 3.73. The van der Waals surface area contributed by atoms with Gasteiger partial charge in [-0.1, -0.05) is 36.7 Å². The van der Waals surface area contributed by atoms with Gasteiger partial charge in [0.15, 0.2) is 0 Å². The Labute approximate surface area is 103 Å². The van der Waals surface area contributed by atoms with E-state index in [1.165, 1.54) is 38.0 Å². The molecule has 1 aliphatic heterocycles. The molecule has 0 N–H and O–H groups in total. The first-order valence-electron chi connectivity index (χ1n) is 6.25. The monoisotopic (exact) mass is 237 g/mol. The van der Waals surface area contributed by atoms with E-state index in [9.17, 15) is 0 Å². The van der Waals surface area contributed by atoms with E-state index in [2.05, 4.69) is 24.0 Å². The van der Waals surface area contributed by atoms with Gasteiger partial charge >= 0.3 is 0 Å². The minimum Gasteiger partial charge on any atom is -0.303 e. The summed E-state index contributed by atoms with van der Waals surface area (Å²) in [4.78, 5) is 2.57. The van der Waals surface area contributed by atoms with Crippen molar-refractivity contribution in [3.8, 4) is 0 Å². The minimum atomic E-state index is 0.798. The third-order valence-electron chi connectivity index (χ3n) is 3.38. The molecule has 16 heavy (non-hydrogen) atoms. The maximum absolute atomic E-state index is 6.19. The van der Waals surface area contributed by atoms with Gasteiger partial charge in [0.05, 0.1) is 0 Å². The van der Waals surface area contributed by atoms with Gasteiger partial charge in [-0.25, -0.2) is 0 Å². The van der Waals surface area contributed by atoms with Crippen molar-refractivity contribution in [3.63, 3.8) is 0 Å². The average molecular weight is 238 g/mol. The van der Waals surface area contributed by atoms with Crippen LogP contribution in [0.3, 0.4) is 0 Å². The molecule has 1 fully saturated rings. The van der Waals surface area contributed by atoms with Gasteiger partial charge in [-0.15, -0.1) is 0 Å². The number of hydrogen-bond donors (Lipinski definition) is 0. The van der Waals surface area contributed by atoms with Crippen LogP contribution in [0.15, 0.2) is 24.3 Å².